The van der Waals surface area contributed by atoms with E-state index in [4.69, 9.17) is 5.26 Å². The Morgan fingerprint density at radius 2 is 2.36 bits per heavy atom. The quantitative estimate of drug-likeness (QED) is 0.345. The zero-order valence-corrected chi connectivity index (χ0v) is 8.87. The van der Waals surface area contributed by atoms with Gasteiger partial charge in [-0.3, -0.25) is 4.99 Å². The third-order valence-corrected chi connectivity index (χ3v) is 1.78. The summed E-state index contributed by atoms with van der Waals surface area (Å²) in [6.07, 6.45) is 10.0. The predicted octanol–water partition coefficient (Wildman–Crippen LogP) is 3.27. The molecule has 0 radical (unpaired) electrons. The van der Waals surface area contributed by atoms with Gasteiger partial charge in [-0.2, -0.15) is 5.26 Å². The third-order valence-electron chi connectivity index (χ3n) is 1.78. The zero-order valence-electron chi connectivity index (χ0n) is 8.87. The highest BCUT2D eigenvalue weighted by molar-refractivity contribution is 5.78. The number of allylic oxidation sites excluding steroid dienone is 3. The molecule has 0 rings (SSSR count). The van der Waals surface area contributed by atoms with Crippen LogP contribution in [0.5, 0.6) is 0 Å². The van der Waals surface area contributed by atoms with E-state index in [9.17, 15) is 0 Å². The third kappa shape index (κ3) is 7.30. The van der Waals surface area contributed by atoms with Crippen LogP contribution in [-0.4, -0.2) is 12.8 Å². The van der Waals surface area contributed by atoms with Crippen LogP contribution in [0.15, 0.2) is 29.3 Å². The van der Waals surface area contributed by atoms with Gasteiger partial charge in [0.05, 0.1) is 6.07 Å². The smallest absolute Gasteiger partial charge is 0.126 e. The van der Waals surface area contributed by atoms with E-state index < -0.39 is 0 Å². The summed E-state index contributed by atoms with van der Waals surface area (Å²) in [5.41, 5.74) is 1.21. The average molecular weight is 190 g/mol. The number of hydrogen-bond donors (Lipinski definition) is 0. The molecule has 76 valence electrons. The van der Waals surface area contributed by atoms with E-state index in [1.54, 1.807) is 0 Å². The Bertz CT molecular complexity index is 244. The van der Waals surface area contributed by atoms with Crippen LogP contribution in [0, 0.1) is 11.3 Å². The fraction of sp³-hybridized carbons (Fsp3) is 0.500. The molecule has 0 spiro atoms. The van der Waals surface area contributed by atoms with Crippen molar-refractivity contribution >= 4 is 6.21 Å². The van der Waals surface area contributed by atoms with E-state index in [1.165, 1.54) is 18.4 Å². The molecule has 14 heavy (non-hydrogen) atoms. The SMILES string of the molecule is C=CCC=C(C=NCC#N)CCCC. The van der Waals surface area contributed by atoms with Gasteiger partial charge in [0.2, 0.25) is 0 Å². The predicted molar refractivity (Wildman–Crippen MR) is 61.4 cm³/mol. The van der Waals surface area contributed by atoms with Gasteiger partial charge in [0.25, 0.3) is 0 Å². The van der Waals surface area contributed by atoms with Gasteiger partial charge in [0.15, 0.2) is 0 Å². The summed E-state index contributed by atoms with van der Waals surface area (Å²) < 4.78 is 0. The lowest BCUT2D eigenvalue weighted by atomic mass is 10.1. The minimum absolute atomic E-state index is 0.248. The highest BCUT2D eigenvalue weighted by Crippen LogP contribution is 2.06. The molecule has 0 aliphatic heterocycles. The minimum Gasteiger partial charge on any atom is -0.278 e. The Morgan fingerprint density at radius 1 is 1.57 bits per heavy atom. The maximum absolute atomic E-state index is 8.33. The Hall–Kier alpha value is -1.36. The summed E-state index contributed by atoms with van der Waals surface area (Å²) in [5.74, 6) is 0. The van der Waals surface area contributed by atoms with Gasteiger partial charge in [0, 0.05) is 6.21 Å². The summed E-state index contributed by atoms with van der Waals surface area (Å²) in [6, 6.07) is 1.99. The molecule has 0 saturated carbocycles. The zero-order chi connectivity index (χ0) is 10.6. The van der Waals surface area contributed by atoms with Crippen LogP contribution in [-0.2, 0) is 0 Å². The van der Waals surface area contributed by atoms with Gasteiger partial charge in [-0.1, -0.05) is 25.5 Å². The average Bonchev–Trinajstić information content (AvgIpc) is 2.21. The molecule has 0 heterocycles. The summed E-state index contributed by atoms with van der Waals surface area (Å²) in [4.78, 5) is 4.01. The monoisotopic (exact) mass is 190 g/mol. The molecular weight excluding hydrogens is 172 g/mol. The number of unbranched alkanes of at least 4 members (excludes halogenated alkanes) is 1. The first-order valence-corrected chi connectivity index (χ1v) is 5.01. The maximum atomic E-state index is 8.33. The van der Waals surface area contributed by atoms with Crippen molar-refractivity contribution in [1.82, 2.24) is 0 Å². The molecule has 0 unspecified atom stereocenters. The van der Waals surface area contributed by atoms with E-state index in [2.05, 4.69) is 24.6 Å². The highest BCUT2D eigenvalue weighted by atomic mass is 14.7. The lowest BCUT2D eigenvalue weighted by Gasteiger charge is -1.98. The second-order valence-electron chi connectivity index (χ2n) is 3.03. The van der Waals surface area contributed by atoms with Gasteiger partial charge >= 0.3 is 0 Å². The fourth-order valence-corrected chi connectivity index (χ4v) is 1.04. The molecule has 0 aromatic heterocycles. The fourth-order valence-electron chi connectivity index (χ4n) is 1.04. The summed E-state index contributed by atoms with van der Waals surface area (Å²) in [6.45, 7) is 6.08. The second kappa shape index (κ2) is 9.73. The molecule has 2 nitrogen and oxygen atoms in total. The Balaban J connectivity index is 4.10. The standard InChI is InChI=1S/C12H18N2/c1-3-5-7-12(8-6-4-2)11-14-10-9-13/h3,7,11H,1,4-6,8,10H2,2H3. The molecule has 0 aliphatic carbocycles. The Morgan fingerprint density at radius 3 is 2.93 bits per heavy atom. The van der Waals surface area contributed by atoms with Crippen LogP contribution in [0.3, 0.4) is 0 Å². The van der Waals surface area contributed by atoms with Crippen LogP contribution in [0.1, 0.15) is 32.6 Å². The van der Waals surface area contributed by atoms with Crippen molar-refractivity contribution in [3.8, 4) is 6.07 Å². The summed E-state index contributed by atoms with van der Waals surface area (Å²) in [5, 5.41) is 8.33. The van der Waals surface area contributed by atoms with Crippen molar-refractivity contribution in [3.63, 3.8) is 0 Å². The Labute approximate surface area is 86.7 Å². The van der Waals surface area contributed by atoms with Gasteiger partial charge in [-0.25, -0.2) is 0 Å². The Kier molecular flexibility index (Phi) is 8.78. The van der Waals surface area contributed by atoms with E-state index in [1.807, 2.05) is 18.4 Å². The molecule has 0 aromatic carbocycles. The molecular formula is C12H18N2. The van der Waals surface area contributed by atoms with E-state index in [0.29, 0.717) is 0 Å². The van der Waals surface area contributed by atoms with Gasteiger partial charge < -0.3 is 0 Å². The first-order valence-electron chi connectivity index (χ1n) is 5.01. The summed E-state index contributed by atoms with van der Waals surface area (Å²) in [7, 11) is 0. The van der Waals surface area contributed by atoms with E-state index in [-0.39, 0.29) is 6.54 Å². The van der Waals surface area contributed by atoms with Gasteiger partial charge in [-0.15, -0.1) is 6.58 Å². The van der Waals surface area contributed by atoms with Crippen molar-refractivity contribution in [2.45, 2.75) is 32.6 Å². The van der Waals surface area contributed by atoms with Crippen LogP contribution >= 0.6 is 0 Å². The van der Waals surface area contributed by atoms with Crippen molar-refractivity contribution in [1.29, 1.82) is 5.26 Å². The molecule has 0 aliphatic rings. The van der Waals surface area contributed by atoms with E-state index in [0.717, 1.165) is 12.8 Å². The molecule has 0 amide bonds. The van der Waals surface area contributed by atoms with Crippen molar-refractivity contribution < 1.29 is 0 Å². The van der Waals surface area contributed by atoms with Gasteiger partial charge in [0.1, 0.15) is 6.54 Å². The molecule has 0 N–H and O–H groups in total. The molecule has 0 fully saturated rings. The number of nitrogens with zero attached hydrogens (tertiary/aromatic N) is 2. The number of aliphatic imine (C=N–C) groups is 1. The first kappa shape index (κ1) is 12.6. The van der Waals surface area contributed by atoms with Crippen LogP contribution in [0.2, 0.25) is 0 Å². The lowest BCUT2D eigenvalue weighted by molar-refractivity contribution is 0.802. The van der Waals surface area contributed by atoms with E-state index >= 15 is 0 Å². The maximum Gasteiger partial charge on any atom is 0.126 e. The number of rotatable bonds is 7. The van der Waals surface area contributed by atoms with Crippen LogP contribution in [0.25, 0.3) is 0 Å². The lowest BCUT2D eigenvalue weighted by Crippen LogP contribution is -1.87. The summed E-state index contributed by atoms with van der Waals surface area (Å²) >= 11 is 0. The largest absolute Gasteiger partial charge is 0.278 e. The van der Waals surface area contributed by atoms with Crippen molar-refractivity contribution in [3.05, 3.63) is 24.3 Å². The molecule has 0 bridgehead atoms. The van der Waals surface area contributed by atoms with Crippen molar-refractivity contribution in [2.75, 3.05) is 6.54 Å². The molecule has 0 atom stereocenters. The topological polar surface area (TPSA) is 36.1 Å². The number of nitriles is 1. The highest BCUT2D eigenvalue weighted by Gasteiger charge is 1.91. The normalized spacial score (nSPS) is 11.6. The minimum atomic E-state index is 0.248. The van der Waals surface area contributed by atoms with Gasteiger partial charge in [-0.05, 0) is 24.8 Å². The van der Waals surface area contributed by atoms with Crippen LogP contribution < -0.4 is 0 Å². The molecule has 2 heteroatoms. The second-order valence-corrected chi connectivity index (χ2v) is 3.03. The van der Waals surface area contributed by atoms with Crippen LogP contribution in [0.4, 0.5) is 0 Å². The molecule has 0 saturated heterocycles. The first-order chi connectivity index (χ1) is 6.85. The van der Waals surface area contributed by atoms with Crippen molar-refractivity contribution in [2.24, 2.45) is 4.99 Å². The molecule has 0 aromatic rings. The number of hydrogen-bond acceptors (Lipinski definition) is 2.